The third-order valence-corrected chi connectivity index (χ3v) is 5.86. The Labute approximate surface area is 151 Å². The Balaban J connectivity index is 1.58. The average molecular weight is 358 g/mol. The van der Waals surface area contributed by atoms with Gasteiger partial charge in [0.25, 0.3) is 0 Å². The quantitative estimate of drug-likeness (QED) is 0.806. The lowest BCUT2D eigenvalue weighted by Gasteiger charge is -2.28. The molecular weight excluding hydrogens is 336 g/mol. The lowest BCUT2D eigenvalue weighted by atomic mass is 9.84. The van der Waals surface area contributed by atoms with E-state index < -0.39 is 11.8 Å². The monoisotopic (exact) mass is 358 g/mol. The highest BCUT2D eigenvalue weighted by Gasteiger charge is 2.37. The fourth-order valence-electron chi connectivity index (χ4n) is 3.33. The molecule has 1 saturated carbocycles. The van der Waals surface area contributed by atoms with Crippen LogP contribution in [0.1, 0.15) is 30.6 Å². The zero-order valence-corrected chi connectivity index (χ0v) is 15.0. The molecule has 3 rings (SSSR count). The average Bonchev–Trinajstić information content (AvgIpc) is 3.32. The van der Waals surface area contributed by atoms with Crippen LogP contribution in [0.5, 0.6) is 5.75 Å². The van der Waals surface area contributed by atoms with Crippen LogP contribution in [0.2, 0.25) is 0 Å². The number of hydrogen-bond donors (Lipinski definition) is 2. The SMILES string of the molecule is COc1ccc(NC(=O)C(=O)NCC2(c3cccs3)CCCC2)cc1. The minimum Gasteiger partial charge on any atom is -0.497 e. The zero-order valence-electron chi connectivity index (χ0n) is 14.2. The number of rotatable bonds is 5. The summed E-state index contributed by atoms with van der Waals surface area (Å²) in [6.07, 6.45) is 4.42. The summed E-state index contributed by atoms with van der Waals surface area (Å²) in [5.41, 5.74) is 0.541. The van der Waals surface area contributed by atoms with E-state index in [1.165, 1.54) is 4.88 Å². The normalized spacial score (nSPS) is 15.6. The van der Waals surface area contributed by atoms with Gasteiger partial charge in [0, 0.05) is 22.5 Å². The van der Waals surface area contributed by atoms with Crippen molar-refractivity contribution in [2.24, 2.45) is 0 Å². The largest absolute Gasteiger partial charge is 0.497 e. The van der Waals surface area contributed by atoms with E-state index in [1.807, 2.05) is 6.07 Å². The number of nitrogens with one attached hydrogen (secondary N) is 2. The molecule has 0 unspecified atom stereocenters. The highest BCUT2D eigenvalue weighted by atomic mass is 32.1. The molecule has 0 spiro atoms. The minimum atomic E-state index is -0.649. The van der Waals surface area contributed by atoms with Gasteiger partial charge in [-0.3, -0.25) is 9.59 Å². The molecule has 6 heteroatoms. The smallest absolute Gasteiger partial charge is 0.313 e. The third kappa shape index (κ3) is 4.02. The lowest BCUT2D eigenvalue weighted by Crippen LogP contribution is -2.43. The standard InChI is InChI=1S/C19H22N2O3S/c1-24-15-8-6-14(7-9-15)21-18(23)17(22)20-13-19(10-2-3-11-19)16-5-4-12-25-16/h4-9,12H,2-3,10-11,13H2,1H3,(H,20,22)(H,21,23). The second-order valence-electron chi connectivity index (χ2n) is 6.33. The molecule has 25 heavy (non-hydrogen) atoms. The molecule has 0 atom stereocenters. The number of hydrogen-bond acceptors (Lipinski definition) is 4. The van der Waals surface area contributed by atoms with Crippen molar-refractivity contribution < 1.29 is 14.3 Å². The van der Waals surface area contributed by atoms with E-state index in [4.69, 9.17) is 4.74 Å². The number of benzene rings is 1. The number of amides is 2. The van der Waals surface area contributed by atoms with Crippen LogP contribution in [0.15, 0.2) is 41.8 Å². The fourth-order valence-corrected chi connectivity index (χ4v) is 4.32. The van der Waals surface area contributed by atoms with Crippen molar-refractivity contribution in [1.82, 2.24) is 5.32 Å². The molecule has 0 bridgehead atoms. The van der Waals surface area contributed by atoms with Crippen molar-refractivity contribution >= 4 is 28.8 Å². The van der Waals surface area contributed by atoms with E-state index in [9.17, 15) is 9.59 Å². The van der Waals surface area contributed by atoms with Crippen molar-refractivity contribution in [3.05, 3.63) is 46.7 Å². The van der Waals surface area contributed by atoms with Crippen LogP contribution < -0.4 is 15.4 Å². The van der Waals surface area contributed by atoms with Crippen LogP contribution in [0.3, 0.4) is 0 Å². The summed E-state index contributed by atoms with van der Waals surface area (Å²) < 4.78 is 5.07. The molecule has 1 aromatic carbocycles. The highest BCUT2D eigenvalue weighted by Crippen LogP contribution is 2.42. The van der Waals surface area contributed by atoms with Gasteiger partial charge in [-0.25, -0.2) is 0 Å². The maximum absolute atomic E-state index is 12.2. The van der Waals surface area contributed by atoms with E-state index in [-0.39, 0.29) is 5.41 Å². The summed E-state index contributed by atoms with van der Waals surface area (Å²) in [6, 6.07) is 11.0. The molecule has 1 fully saturated rings. The Kier molecular flexibility index (Phi) is 5.38. The Morgan fingerprint density at radius 3 is 2.44 bits per heavy atom. The van der Waals surface area contributed by atoms with Crippen LogP contribution in [0, 0.1) is 0 Å². The molecule has 2 amide bonds. The molecule has 0 radical (unpaired) electrons. The van der Waals surface area contributed by atoms with Gasteiger partial charge in [-0.15, -0.1) is 11.3 Å². The van der Waals surface area contributed by atoms with Crippen molar-refractivity contribution in [2.75, 3.05) is 19.0 Å². The molecule has 1 aromatic heterocycles. The summed E-state index contributed by atoms with van der Waals surface area (Å²) >= 11 is 1.72. The lowest BCUT2D eigenvalue weighted by molar-refractivity contribution is -0.136. The molecular formula is C19H22N2O3S. The second-order valence-corrected chi connectivity index (χ2v) is 7.28. The maximum atomic E-state index is 12.2. The van der Waals surface area contributed by atoms with Gasteiger partial charge < -0.3 is 15.4 Å². The van der Waals surface area contributed by atoms with E-state index in [1.54, 1.807) is 42.7 Å². The summed E-state index contributed by atoms with van der Waals surface area (Å²) in [5, 5.41) is 7.50. The molecule has 2 N–H and O–H groups in total. The van der Waals surface area contributed by atoms with Crippen molar-refractivity contribution in [3.63, 3.8) is 0 Å². The first kappa shape index (κ1) is 17.5. The number of carbonyl (C=O) groups is 2. The summed E-state index contributed by atoms with van der Waals surface area (Å²) in [5.74, 6) is -0.551. The molecule has 0 saturated heterocycles. The Bertz CT molecular complexity index is 720. The van der Waals surface area contributed by atoms with Gasteiger partial charge in [0.1, 0.15) is 5.75 Å². The number of carbonyl (C=O) groups excluding carboxylic acids is 2. The molecule has 5 nitrogen and oxygen atoms in total. The molecule has 1 aliphatic rings. The number of methoxy groups -OCH3 is 1. The molecule has 2 aromatic rings. The van der Waals surface area contributed by atoms with Crippen LogP contribution in [-0.2, 0) is 15.0 Å². The number of ether oxygens (including phenoxy) is 1. The van der Waals surface area contributed by atoms with E-state index in [2.05, 4.69) is 22.1 Å². The predicted molar refractivity (Wildman–Crippen MR) is 99.1 cm³/mol. The summed E-state index contributed by atoms with van der Waals surface area (Å²) in [4.78, 5) is 25.6. The van der Waals surface area contributed by atoms with E-state index in [0.717, 1.165) is 25.7 Å². The Hall–Kier alpha value is -2.34. The van der Waals surface area contributed by atoms with Crippen molar-refractivity contribution in [2.45, 2.75) is 31.1 Å². The first-order valence-electron chi connectivity index (χ1n) is 8.40. The Morgan fingerprint density at radius 2 is 1.84 bits per heavy atom. The molecule has 1 heterocycles. The fraction of sp³-hybridized carbons (Fsp3) is 0.368. The maximum Gasteiger partial charge on any atom is 0.313 e. The van der Waals surface area contributed by atoms with Crippen LogP contribution >= 0.6 is 11.3 Å². The van der Waals surface area contributed by atoms with Crippen molar-refractivity contribution in [1.29, 1.82) is 0 Å². The van der Waals surface area contributed by atoms with Gasteiger partial charge in [0.05, 0.1) is 7.11 Å². The zero-order chi connectivity index (χ0) is 17.7. The van der Waals surface area contributed by atoms with E-state index >= 15 is 0 Å². The third-order valence-electron chi connectivity index (χ3n) is 4.75. The van der Waals surface area contributed by atoms with Gasteiger partial charge in [0.2, 0.25) is 0 Å². The van der Waals surface area contributed by atoms with Gasteiger partial charge in [-0.2, -0.15) is 0 Å². The highest BCUT2D eigenvalue weighted by molar-refractivity contribution is 7.10. The van der Waals surface area contributed by atoms with Crippen molar-refractivity contribution in [3.8, 4) is 5.75 Å². The topological polar surface area (TPSA) is 67.4 Å². The number of thiophene rings is 1. The molecule has 1 aliphatic carbocycles. The first-order valence-corrected chi connectivity index (χ1v) is 9.28. The molecule has 0 aliphatic heterocycles. The predicted octanol–water partition coefficient (Wildman–Crippen LogP) is 3.32. The van der Waals surface area contributed by atoms with Crippen LogP contribution in [0.25, 0.3) is 0 Å². The van der Waals surface area contributed by atoms with Crippen LogP contribution in [0.4, 0.5) is 5.69 Å². The second kappa shape index (κ2) is 7.70. The van der Waals surface area contributed by atoms with Gasteiger partial charge >= 0.3 is 11.8 Å². The summed E-state index contributed by atoms with van der Waals surface area (Å²) in [6.45, 7) is 0.502. The van der Waals surface area contributed by atoms with Gasteiger partial charge in [0.15, 0.2) is 0 Å². The van der Waals surface area contributed by atoms with Gasteiger partial charge in [-0.1, -0.05) is 18.9 Å². The summed E-state index contributed by atoms with van der Waals surface area (Å²) in [7, 11) is 1.58. The molecule has 132 valence electrons. The number of anilines is 1. The Morgan fingerprint density at radius 1 is 1.12 bits per heavy atom. The minimum absolute atomic E-state index is 0.0236. The first-order chi connectivity index (χ1) is 12.1. The van der Waals surface area contributed by atoms with Gasteiger partial charge in [-0.05, 0) is 48.6 Å². The van der Waals surface area contributed by atoms with E-state index in [0.29, 0.717) is 18.0 Å². The van der Waals surface area contributed by atoms with Crippen LogP contribution in [-0.4, -0.2) is 25.5 Å².